The van der Waals surface area contributed by atoms with Crippen LogP contribution in [-0.4, -0.2) is 61.0 Å². The lowest BCUT2D eigenvalue weighted by Crippen LogP contribution is -2.34. The molecule has 1 aliphatic rings. The van der Waals surface area contributed by atoms with Crippen LogP contribution in [0.3, 0.4) is 0 Å². The number of anilines is 1. The summed E-state index contributed by atoms with van der Waals surface area (Å²) in [4.78, 5) is 31.9. The fraction of sp³-hybridized carbons (Fsp3) is 0.640. The van der Waals surface area contributed by atoms with Crippen molar-refractivity contribution in [2.75, 3.05) is 18.9 Å². The number of aromatic nitrogens is 4. The van der Waals surface area contributed by atoms with E-state index in [-0.39, 0.29) is 37.1 Å². The van der Waals surface area contributed by atoms with E-state index in [0.717, 1.165) is 19.3 Å². The van der Waals surface area contributed by atoms with Crippen molar-refractivity contribution in [1.29, 1.82) is 0 Å². The SMILES string of the molecule is C#CC1(COC(=O)CCCCCCCCC)CCC(n2cnc3c(N)nc(F)nc32)O1.CCO.O=CO. The highest BCUT2D eigenvalue weighted by Gasteiger charge is 2.41. The number of hydrogen-bond acceptors (Lipinski definition) is 9. The van der Waals surface area contributed by atoms with Gasteiger partial charge in [-0.3, -0.25) is 14.2 Å². The molecule has 4 N–H and O–H groups in total. The summed E-state index contributed by atoms with van der Waals surface area (Å²) < 4.78 is 26.6. The number of halogens is 1. The molecule has 206 valence electrons. The van der Waals surface area contributed by atoms with Gasteiger partial charge in [0, 0.05) is 13.0 Å². The summed E-state index contributed by atoms with van der Waals surface area (Å²) in [5.74, 6) is 2.31. The molecule has 12 heteroatoms. The maximum absolute atomic E-state index is 13.6. The summed E-state index contributed by atoms with van der Waals surface area (Å²) >= 11 is 0. The second-order valence-electron chi connectivity index (χ2n) is 8.41. The second kappa shape index (κ2) is 17.2. The highest BCUT2D eigenvalue weighted by molar-refractivity contribution is 5.81. The van der Waals surface area contributed by atoms with Crippen molar-refractivity contribution in [3.05, 3.63) is 12.4 Å². The molecule has 37 heavy (non-hydrogen) atoms. The molecule has 0 saturated carbocycles. The summed E-state index contributed by atoms with van der Waals surface area (Å²) in [5, 5.41) is 14.5. The largest absolute Gasteiger partial charge is 0.483 e. The predicted molar refractivity (Wildman–Crippen MR) is 136 cm³/mol. The number of imidazole rings is 1. The van der Waals surface area contributed by atoms with Crippen LogP contribution in [0, 0.1) is 18.4 Å². The number of hydrogen-bond donors (Lipinski definition) is 3. The van der Waals surface area contributed by atoms with Gasteiger partial charge in [0.15, 0.2) is 22.6 Å². The molecule has 0 amide bonds. The van der Waals surface area contributed by atoms with E-state index in [0.29, 0.717) is 24.8 Å². The molecule has 2 atom stereocenters. The van der Waals surface area contributed by atoms with E-state index in [1.54, 1.807) is 11.5 Å². The number of nitrogen functional groups attached to an aromatic ring is 1. The van der Waals surface area contributed by atoms with Crippen LogP contribution in [-0.2, 0) is 19.1 Å². The van der Waals surface area contributed by atoms with Crippen LogP contribution in [0.2, 0.25) is 0 Å². The van der Waals surface area contributed by atoms with Gasteiger partial charge in [0.2, 0.25) is 0 Å². The Hall–Kier alpha value is -3.30. The number of carbonyl (C=O) groups excluding carboxylic acids is 1. The third-order valence-electron chi connectivity index (χ3n) is 5.60. The minimum atomic E-state index is -1.03. The van der Waals surface area contributed by atoms with Gasteiger partial charge in [-0.15, -0.1) is 6.42 Å². The van der Waals surface area contributed by atoms with Gasteiger partial charge in [0.25, 0.3) is 6.47 Å². The number of carbonyl (C=O) groups is 2. The first kappa shape index (κ1) is 31.7. The van der Waals surface area contributed by atoms with Gasteiger partial charge in [-0.1, -0.05) is 51.4 Å². The van der Waals surface area contributed by atoms with Gasteiger partial charge in [-0.25, -0.2) is 4.98 Å². The Morgan fingerprint density at radius 2 is 1.95 bits per heavy atom. The van der Waals surface area contributed by atoms with Crippen LogP contribution >= 0.6 is 0 Å². The normalized spacial score (nSPS) is 18.2. The van der Waals surface area contributed by atoms with E-state index < -0.39 is 17.9 Å². The average molecular weight is 524 g/mol. The van der Waals surface area contributed by atoms with Crippen molar-refractivity contribution in [3.63, 3.8) is 0 Å². The van der Waals surface area contributed by atoms with Gasteiger partial charge in [0.1, 0.15) is 12.8 Å². The van der Waals surface area contributed by atoms with Crippen LogP contribution in [0.15, 0.2) is 6.33 Å². The zero-order chi connectivity index (χ0) is 27.7. The fourth-order valence-corrected chi connectivity index (χ4v) is 3.80. The van der Waals surface area contributed by atoms with E-state index in [4.69, 9.17) is 36.6 Å². The van der Waals surface area contributed by atoms with E-state index in [9.17, 15) is 9.18 Å². The number of rotatable bonds is 11. The highest BCUT2D eigenvalue weighted by Crippen LogP contribution is 2.38. The van der Waals surface area contributed by atoms with Crippen molar-refractivity contribution in [2.24, 2.45) is 0 Å². The lowest BCUT2D eigenvalue weighted by molar-refractivity contribution is -0.152. The Labute approximate surface area is 216 Å². The van der Waals surface area contributed by atoms with Crippen molar-refractivity contribution >= 4 is 29.4 Å². The summed E-state index contributed by atoms with van der Waals surface area (Å²) in [6.07, 6.45) is 15.1. The highest BCUT2D eigenvalue weighted by atomic mass is 19.1. The Bertz CT molecular complexity index is 1010. The van der Waals surface area contributed by atoms with Crippen LogP contribution in [0.5, 0.6) is 0 Å². The molecule has 0 bridgehead atoms. The fourth-order valence-electron chi connectivity index (χ4n) is 3.80. The standard InChI is InChI=1S/C22H30FN5O3.C2H6O.CH2O2/c1-3-5-6-7-8-9-10-11-17(29)30-14-22(4-2)13-12-16(31-22)28-15-25-18-19(24)26-21(23)27-20(18)28;1-2-3;2-1-3/h2,15-16H,3,5-14H2,1H3,(H2,24,26,27);3H,2H2,1H3;1H,(H,2,3). The van der Waals surface area contributed by atoms with E-state index in [1.165, 1.54) is 32.0 Å². The molecule has 0 spiro atoms. The number of carboxylic acid groups (broad SMARTS) is 1. The van der Waals surface area contributed by atoms with Crippen molar-refractivity contribution in [1.82, 2.24) is 19.5 Å². The summed E-state index contributed by atoms with van der Waals surface area (Å²) in [6, 6.07) is 0. The molecule has 0 radical (unpaired) electrons. The number of nitrogens with zero attached hydrogens (tertiary/aromatic N) is 4. The number of unbranched alkanes of at least 4 members (excludes halogenated alkanes) is 6. The lowest BCUT2D eigenvalue weighted by Gasteiger charge is -2.23. The van der Waals surface area contributed by atoms with Gasteiger partial charge in [-0.05, 0) is 26.2 Å². The Balaban J connectivity index is 0.00000104. The van der Waals surface area contributed by atoms with Crippen LogP contribution in [0.25, 0.3) is 11.2 Å². The molecule has 3 rings (SSSR count). The average Bonchev–Trinajstić information content (AvgIpc) is 3.48. The predicted octanol–water partition coefficient (Wildman–Crippen LogP) is 3.61. The molecule has 2 unspecified atom stereocenters. The molecule has 3 heterocycles. The molecule has 1 fully saturated rings. The van der Waals surface area contributed by atoms with Crippen LogP contribution < -0.4 is 5.73 Å². The maximum atomic E-state index is 13.6. The van der Waals surface area contributed by atoms with Crippen molar-refractivity contribution < 1.29 is 33.7 Å². The number of aliphatic hydroxyl groups excluding tert-OH is 1. The molecule has 0 aromatic carbocycles. The molecule has 11 nitrogen and oxygen atoms in total. The summed E-state index contributed by atoms with van der Waals surface area (Å²) in [5.41, 5.74) is 5.21. The van der Waals surface area contributed by atoms with Crippen LogP contribution in [0.1, 0.15) is 84.3 Å². The zero-order valence-corrected chi connectivity index (χ0v) is 21.6. The first-order valence-corrected chi connectivity index (χ1v) is 12.5. The Morgan fingerprint density at radius 3 is 2.57 bits per heavy atom. The van der Waals surface area contributed by atoms with E-state index in [2.05, 4.69) is 27.8 Å². The molecule has 2 aromatic rings. The molecule has 1 aliphatic heterocycles. The quantitative estimate of drug-likeness (QED) is 0.130. The summed E-state index contributed by atoms with van der Waals surface area (Å²) in [6.45, 7) is 3.85. The third kappa shape index (κ3) is 10.3. The first-order chi connectivity index (χ1) is 17.8. The minimum absolute atomic E-state index is 0.0204. The monoisotopic (exact) mass is 523 g/mol. The Kier molecular flexibility index (Phi) is 14.8. The lowest BCUT2D eigenvalue weighted by atomic mass is 10.0. The molecular formula is C25H38FN5O6. The van der Waals surface area contributed by atoms with Gasteiger partial charge in [0.05, 0.1) is 6.33 Å². The maximum Gasteiger partial charge on any atom is 0.312 e. The number of aliphatic hydroxyl groups is 1. The van der Waals surface area contributed by atoms with Crippen molar-refractivity contribution in [3.8, 4) is 12.3 Å². The summed E-state index contributed by atoms with van der Waals surface area (Å²) in [7, 11) is 0. The molecule has 1 saturated heterocycles. The number of fused-ring (bicyclic) bond motifs is 1. The first-order valence-electron chi connectivity index (χ1n) is 12.5. The van der Waals surface area contributed by atoms with E-state index >= 15 is 0 Å². The second-order valence-corrected chi connectivity index (χ2v) is 8.41. The van der Waals surface area contributed by atoms with Crippen LogP contribution in [0.4, 0.5) is 10.2 Å². The number of nitrogens with two attached hydrogens (primary N) is 1. The van der Waals surface area contributed by atoms with Gasteiger partial charge in [-0.2, -0.15) is 14.4 Å². The number of esters is 1. The number of ether oxygens (including phenoxy) is 2. The zero-order valence-electron chi connectivity index (χ0n) is 21.6. The van der Waals surface area contributed by atoms with Gasteiger partial charge < -0.3 is 25.4 Å². The Morgan fingerprint density at radius 1 is 1.32 bits per heavy atom. The minimum Gasteiger partial charge on any atom is -0.483 e. The van der Waals surface area contributed by atoms with Crippen molar-refractivity contribution in [2.45, 2.75) is 89.9 Å². The molecule has 0 aliphatic carbocycles. The topological polar surface area (TPSA) is 163 Å². The number of terminal acetylenes is 1. The molecule has 2 aromatic heterocycles. The van der Waals surface area contributed by atoms with E-state index in [1.807, 2.05) is 0 Å². The smallest absolute Gasteiger partial charge is 0.312 e. The van der Waals surface area contributed by atoms with Gasteiger partial charge >= 0.3 is 12.0 Å². The molecular weight excluding hydrogens is 485 g/mol. The third-order valence-corrected chi connectivity index (χ3v) is 5.60.